The van der Waals surface area contributed by atoms with E-state index in [1.165, 1.54) is 0 Å². The van der Waals surface area contributed by atoms with Gasteiger partial charge in [0, 0.05) is 18.7 Å². The molecule has 2 aromatic carbocycles. The van der Waals surface area contributed by atoms with E-state index in [-0.39, 0.29) is 0 Å². The molecule has 0 radical (unpaired) electrons. The van der Waals surface area contributed by atoms with Crippen molar-refractivity contribution in [3.05, 3.63) is 65.7 Å². The van der Waals surface area contributed by atoms with Crippen LogP contribution in [0.2, 0.25) is 0 Å². The summed E-state index contributed by atoms with van der Waals surface area (Å²) in [5.74, 6) is 0.918. The number of ether oxygens (including phenoxy) is 1. The Bertz CT molecular complexity index is 528. The topological polar surface area (TPSA) is 41.5 Å². The maximum atomic E-state index is 10.1. The average molecular weight is 285 g/mol. The molecule has 0 aliphatic heterocycles. The average Bonchev–Trinajstić information content (AvgIpc) is 2.54. The fourth-order valence-electron chi connectivity index (χ4n) is 2.14. The highest BCUT2D eigenvalue weighted by molar-refractivity contribution is 5.33. The van der Waals surface area contributed by atoms with Gasteiger partial charge in [0.2, 0.25) is 0 Å². The maximum absolute atomic E-state index is 10.1. The van der Waals surface area contributed by atoms with Gasteiger partial charge in [0.25, 0.3) is 0 Å². The zero-order valence-corrected chi connectivity index (χ0v) is 12.5. The first-order valence-corrected chi connectivity index (χ1v) is 7.45. The van der Waals surface area contributed by atoms with Crippen LogP contribution in [0.3, 0.4) is 0 Å². The molecule has 0 amide bonds. The third-order valence-corrected chi connectivity index (χ3v) is 3.27. The van der Waals surface area contributed by atoms with Crippen molar-refractivity contribution in [2.45, 2.75) is 26.0 Å². The molecule has 3 heteroatoms. The van der Waals surface area contributed by atoms with Crippen molar-refractivity contribution in [3.8, 4) is 5.75 Å². The third-order valence-electron chi connectivity index (χ3n) is 3.27. The summed E-state index contributed by atoms with van der Waals surface area (Å²) in [6.07, 6.45) is 0.504. The first-order valence-electron chi connectivity index (χ1n) is 7.45. The van der Waals surface area contributed by atoms with E-state index in [1.807, 2.05) is 54.6 Å². The van der Waals surface area contributed by atoms with E-state index in [4.69, 9.17) is 4.74 Å². The Labute approximate surface area is 126 Å². The van der Waals surface area contributed by atoms with Crippen molar-refractivity contribution in [1.29, 1.82) is 0 Å². The number of rotatable bonds is 8. The first-order chi connectivity index (χ1) is 10.3. The van der Waals surface area contributed by atoms with Crippen LogP contribution < -0.4 is 10.1 Å². The summed E-state index contributed by atoms with van der Waals surface area (Å²) < 4.78 is 5.73. The van der Waals surface area contributed by atoms with Gasteiger partial charge in [-0.1, -0.05) is 55.5 Å². The zero-order valence-electron chi connectivity index (χ0n) is 12.5. The summed E-state index contributed by atoms with van der Waals surface area (Å²) in [4.78, 5) is 0. The second kappa shape index (κ2) is 8.45. The Kier molecular flexibility index (Phi) is 6.25. The molecule has 0 aromatic heterocycles. The molecule has 2 rings (SSSR count). The van der Waals surface area contributed by atoms with E-state index in [9.17, 15) is 5.11 Å². The SMILES string of the molecule is CCCOc1ccccc1CNCC(O)c1ccccc1. The van der Waals surface area contributed by atoms with E-state index < -0.39 is 6.10 Å². The van der Waals surface area contributed by atoms with E-state index >= 15 is 0 Å². The van der Waals surface area contributed by atoms with Gasteiger partial charge in [-0.05, 0) is 18.1 Å². The molecule has 21 heavy (non-hydrogen) atoms. The number of para-hydroxylation sites is 1. The first kappa shape index (κ1) is 15.5. The fraction of sp³-hybridized carbons (Fsp3) is 0.333. The Morgan fingerprint density at radius 2 is 1.76 bits per heavy atom. The molecule has 2 aromatic rings. The van der Waals surface area contributed by atoms with Crippen molar-refractivity contribution in [2.75, 3.05) is 13.2 Å². The van der Waals surface area contributed by atoms with E-state index in [0.29, 0.717) is 13.1 Å². The molecule has 0 aliphatic rings. The standard InChI is InChI=1S/C18H23NO2/c1-2-12-21-18-11-7-6-10-16(18)13-19-14-17(20)15-8-4-3-5-9-15/h3-11,17,19-20H,2,12-14H2,1H3. The number of hydrogen-bond donors (Lipinski definition) is 2. The predicted octanol–water partition coefficient (Wildman–Crippen LogP) is 3.30. The maximum Gasteiger partial charge on any atom is 0.123 e. The van der Waals surface area contributed by atoms with Crippen LogP contribution in [0.4, 0.5) is 0 Å². The largest absolute Gasteiger partial charge is 0.493 e. The van der Waals surface area contributed by atoms with Crippen LogP contribution in [0.15, 0.2) is 54.6 Å². The predicted molar refractivity (Wildman–Crippen MR) is 85.3 cm³/mol. The van der Waals surface area contributed by atoms with Gasteiger partial charge in [-0.2, -0.15) is 0 Å². The van der Waals surface area contributed by atoms with E-state index in [1.54, 1.807) is 0 Å². The van der Waals surface area contributed by atoms with Gasteiger partial charge in [-0.25, -0.2) is 0 Å². The molecular weight excluding hydrogens is 262 g/mol. The van der Waals surface area contributed by atoms with Crippen LogP contribution in [0, 0.1) is 0 Å². The molecular formula is C18H23NO2. The molecule has 0 spiro atoms. The molecule has 112 valence electrons. The van der Waals surface area contributed by atoms with Gasteiger partial charge in [0.15, 0.2) is 0 Å². The van der Waals surface area contributed by atoms with Gasteiger partial charge in [-0.3, -0.25) is 0 Å². The normalized spacial score (nSPS) is 12.1. The van der Waals surface area contributed by atoms with Crippen molar-refractivity contribution in [2.24, 2.45) is 0 Å². The summed E-state index contributed by atoms with van der Waals surface area (Å²) in [5, 5.41) is 13.4. The summed E-state index contributed by atoms with van der Waals surface area (Å²) in [7, 11) is 0. The van der Waals surface area contributed by atoms with Crippen molar-refractivity contribution >= 4 is 0 Å². The Morgan fingerprint density at radius 1 is 1.05 bits per heavy atom. The molecule has 0 aliphatic carbocycles. The lowest BCUT2D eigenvalue weighted by Crippen LogP contribution is -2.21. The minimum atomic E-state index is -0.491. The minimum Gasteiger partial charge on any atom is -0.493 e. The summed E-state index contributed by atoms with van der Waals surface area (Å²) >= 11 is 0. The van der Waals surface area contributed by atoms with Crippen LogP contribution in [0.5, 0.6) is 5.75 Å². The van der Waals surface area contributed by atoms with Crippen molar-refractivity contribution < 1.29 is 9.84 Å². The molecule has 2 N–H and O–H groups in total. The third kappa shape index (κ3) is 4.88. The van der Waals surface area contributed by atoms with Crippen molar-refractivity contribution in [1.82, 2.24) is 5.32 Å². The quantitative estimate of drug-likeness (QED) is 0.782. The van der Waals surface area contributed by atoms with E-state index in [0.717, 1.165) is 29.9 Å². The zero-order chi connectivity index (χ0) is 14.9. The summed E-state index contributed by atoms with van der Waals surface area (Å²) in [6, 6.07) is 17.7. The summed E-state index contributed by atoms with van der Waals surface area (Å²) in [6.45, 7) is 4.02. The van der Waals surface area contributed by atoms with Gasteiger partial charge < -0.3 is 15.2 Å². The van der Waals surface area contributed by atoms with E-state index in [2.05, 4.69) is 12.2 Å². The molecule has 0 fully saturated rings. The highest BCUT2D eigenvalue weighted by atomic mass is 16.5. The molecule has 1 atom stereocenters. The minimum absolute atomic E-state index is 0.491. The molecule has 3 nitrogen and oxygen atoms in total. The van der Waals surface area contributed by atoms with Crippen LogP contribution in [-0.4, -0.2) is 18.3 Å². The Morgan fingerprint density at radius 3 is 2.52 bits per heavy atom. The van der Waals surface area contributed by atoms with Gasteiger partial charge in [0.1, 0.15) is 5.75 Å². The van der Waals surface area contributed by atoms with Crippen LogP contribution >= 0.6 is 0 Å². The Hall–Kier alpha value is -1.84. The second-order valence-electron chi connectivity index (χ2n) is 5.01. The molecule has 0 bridgehead atoms. The smallest absolute Gasteiger partial charge is 0.123 e. The van der Waals surface area contributed by atoms with Gasteiger partial charge in [0.05, 0.1) is 12.7 Å². The summed E-state index contributed by atoms with van der Waals surface area (Å²) in [5.41, 5.74) is 2.05. The lowest BCUT2D eigenvalue weighted by molar-refractivity contribution is 0.174. The molecule has 0 saturated heterocycles. The highest BCUT2D eigenvalue weighted by Crippen LogP contribution is 2.18. The Balaban J connectivity index is 1.86. The number of hydrogen-bond acceptors (Lipinski definition) is 3. The fourth-order valence-corrected chi connectivity index (χ4v) is 2.14. The highest BCUT2D eigenvalue weighted by Gasteiger charge is 2.07. The molecule has 1 unspecified atom stereocenters. The number of aliphatic hydroxyl groups excluding tert-OH is 1. The monoisotopic (exact) mass is 285 g/mol. The number of nitrogens with one attached hydrogen (secondary N) is 1. The van der Waals surface area contributed by atoms with Crippen LogP contribution in [0.25, 0.3) is 0 Å². The molecule has 0 heterocycles. The van der Waals surface area contributed by atoms with Crippen LogP contribution in [0.1, 0.15) is 30.6 Å². The van der Waals surface area contributed by atoms with Crippen molar-refractivity contribution in [3.63, 3.8) is 0 Å². The van der Waals surface area contributed by atoms with Gasteiger partial charge in [-0.15, -0.1) is 0 Å². The second-order valence-corrected chi connectivity index (χ2v) is 5.01. The number of aliphatic hydroxyl groups is 1. The van der Waals surface area contributed by atoms with Crippen LogP contribution in [-0.2, 0) is 6.54 Å². The lowest BCUT2D eigenvalue weighted by atomic mass is 10.1. The lowest BCUT2D eigenvalue weighted by Gasteiger charge is -2.14. The molecule has 0 saturated carbocycles. The number of benzene rings is 2. The van der Waals surface area contributed by atoms with Gasteiger partial charge >= 0.3 is 0 Å².